The van der Waals surface area contributed by atoms with Crippen LogP contribution in [-0.4, -0.2) is 62.9 Å². The van der Waals surface area contributed by atoms with Crippen LogP contribution < -0.4 is 20.4 Å². The van der Waals surface area contributed by atoms with Gasteiger partial charge >= 0.3 is 0 Å². The highest BCUT2D eigenvalue weighted by atomic mass is 127. The fourth-order valence-corrected chi connectivity index (χ4v) is 4.77. The van der Waals surface area contributed by atoms with E-state index in [1.54, 1.807) is 0 Å². The van der Waals surface area contributed by atoms with Gasteiger partial charge in [-0.1, -0.05) is 6.07 Å². The largest absolute Gasteiger partial charge is 0.378 e. The van der Waals surface area contributed by atoms with Crippen molar-refractivity contribution in [1.82, 2.24) is 15.6 Å². The standard InChI is InChI=1S/C22H32N6OS.HI/c1-2-23-22(26-19-7-10-27(11-8-19)20-6-4-16-30-20)25-17-18-5-3-9-24-21(18)28-12-14-29-15-13-28;/h3-6,9,16,19H,2,7-8,10-15,17H2,1H3,(H2,23,25,26);1H. The van der Waals surface area contributed by atoms with E-state index in [-0.39, 0.29) is 24.0 Å². The molecule has 4 rings (SSSR count). The summed E-state index contributed by atoms with van der Waals surface area (Å²) in [5.41, 5.74) is 1.16. The number of halogens is 1. The molecule has 0 aliphatic carbocycles. The van der Waals surface area contributed by atoms with E-state index in [0.717, 1.165) is 76.1 Å². The first-order chi connectivity index (χ1) is 14.8. The molecule has 2 N–H and O–H groups in total. The Bertz CT molecular complexity index is 804. The molecule has 170 valence electrons. The van der Waals surface area contributed by atoms with Gasteiger partial charge in [-0.3, -0.25) is 0 Å². The second-order valence-corrected chi connectivity index (χ2v) is 8.56. The highest BCUT2D eigenvalue weighted by Gasteiger charge is 2.21. The van der Waals surface area contributed by atoms with E-state index < -0.39 is 0 Å². The molecule has 2 aliphatic rings. The van der Waals surface area contributed by atoms with Gasteiger partial charge in [0.1, 0.15) is 5.82 Å². The Morgan fingerprint density at radius 1 is 1.16 bits per heavy atom. The van der Waals surface area contributed by atoms with Gasteiger partial charge in [0, 0.05) is 50.5 Å². The summed E-state index contributed by atoms with van der Waals surface area (Å²) in [4.78, 5) is 14.3. The van der Waals surface area contributed by atoms with Crippen LogP contribution in [0.15, 0.2) is 40.8 Å². The van der Waals surface area contributed by atoms with E-state index >= 15 is 0 Å². The van der Waals surface area contributed by atoms with E-state index in [1.807, 2.05) is 23.6 Å². The summed E-state index contributed by atoms with van der Waals surface area (Å²) >= 11 is 1.82. The Kier molecular flexibility index (Phi) is 9.66. The minimum absolute atomic E-state index is 0. The molecule has 2 aliphatic heterocycles. The Balaban J connectivity index is 0.00000272. The molecule has 31 heavy (non-hydrogen) atoms. The van der Waals surface area contributed by atoms with Crippen LogP contribution in [0.4, 0.5) is 10.8 Å². The molecule has 2 fully saturated rings. The van der Waals surface area contributed by atoms with Crippen LogP contribution in [0.1, 0.15) is 25.3 Å². The van der Waals surface area contributed by atoms with Crippen LogP contribution in [-0.2, 0) is 11.3 Å². The van der Waals surface area contributed by atoms with Crippen LogP contribution in [0.25, 0.3) is 0 Å². The third-order valence-electron chi connectivity index (χ3n) is 5.58. The molecule has 0 aromatic carbocycles. The lowest BCUT2D eigenvalue weighted by Crippen LogP contribution is -2.48. The molecule has 0 radical (unpaired) electrons. The molecular weight excluding hydrogens is 523 g/mol. The number of nitrogens with zero attached hydrogens (tertiary/aromatic N) is 4. The number of thiophene rings is 1. The highest BCUT2D eigenvalue weighted by Crippen LogP contribution is 2.25. The van der Waals surface area contributed by atoms with Crippen LogP contribution in [0.5, 0.6) is 0 Å². The highest BCUT2D eigenvalue weighted by molar-refractivity contribution is 14.0. The minimum Gasteiger partial charge on any atom is -0.378 e. The normalized spacial score (nSPS) is 17.9. The zero-order valence-corrected chi connectivity index (χ0v) is 21.3. The van der Waals surface area contributed by atoms with Crippen molar-refractivity contribution >= 4 is 52.1 Å². The molecule has 0 unspecified atom stereocenters. The Hall–Kier alpha value is -1.59. The van der Waals surface area contributed by atoms with E-state index in [4.69, 9.17) is 9.73 Å². The average Bonchev–Trinajstić information content (AvgIpc) is 3.34. The fourth-order valence-electron chi connectivity index (χ4n) is 3.99. The summed E-state index contributed by atoms with van der Waals surface area (Å²) < 4.78 is 5.49. The molecule has 0 spiro atoms. The number of hydrogen-bond acceptors (Lipinski definition) is 6. The summed E-state index contributed by atoms with van der Waals surface area (Å²) in [7, 11) is 0. The van der Waals surface area contributed by atoms with Crippen molar-refractivity contribution < 1.29 is 4.74 Å². The molecule has 0 bridgehead atoms. The van der Waals surface area contributed by atoms with Crippen molar-refractivity contribution in [2.24, 2.45) is 4.99 Å². The topological polar surface area (TPSA) is 65.0 Å². The van der Waals surface area contributed by atoms with Crippen LogP contribution in [0.2, 0.25) is 0 Å². The molecule has 2 aromatic heterocycles. The average molecular weight is 557 g/mol. The first-order valence-corrected chi connectivity index (χ1v) is 11.8. The minimum atomic E-state index is 0. The van der Waals surface area contributed by atoms with Crippen molar-refractivity contribution in [3.8, 4) is 0 Å². The van der Waals surface area contributed by atoms with Crippen molar-refractivity contribution in [2.45, 2.75) is 32.4 Å². The second kappa shape index (κ2) is 12.4. The van der Waals surface area contributed by atoms with Crippen LogP contribution in [0, 0.1) is 0 Å². The number of pyridine rings is 1. The number of anilines is 2. The third-order valence-corrected chi connectivity index (χ3v) is 6.51. The molecule has 7 nitrogen and oxygen atoms in total. The van der Waals surface area contributed by atoms with Crippen LogP contribution >= 0.6 is 35.3 Å². The van der Waals surface area contributed by atoms with E-state index in [9.17, 15) is 0 Å². The number of rotatable bonds is 6. The number of ether oxygens (including phenoxy) is 1. The maximum Gasteiger partial charge on any atom is 0.191 e. The number of nitrogens with one attached hydrogen (secondary N) is 2. The predicted octanol–water partition coefficient (Wildman–Crippen LogP) is 3.32. The zero-order chi connectivity index (χ0) is 20.6. The summed E-state index contributed by atoms with van der Waals surface area (Å²) in [5.74, 6) is 1.92. The van der Waals surface area contributed by atoms with Crippen molar-refractivity contribution in [2.75, 3.05) is 55.7 Å². The maximum absolute atomic E-state index is 5.49. The molecular formula is C22H33IN6OS. The van der Waals surface area contributed by atoms with Gasteiger partial charge in [0.15, 0.2) is 5.96 Å². The summed E-state index contributed by atoms with van der Waals surface area (Å²) in [5, 5.41) is 10.6. The smallest absolute Gasteiger partial charge is 0.191 e. The first kappa shape index (κ1) is 24.1. The third kappa shape index (κ3) is 6.69. The summed E-state index contributed by atoms with van der Waals surface area (Å²) in [6, 6.07) is 8.92. The molecule has 0 atom stereocenters. The van der Waals surface area contributed by atoms with E-state index in [1.165, 1.54) is 5.00 Å². The maximum atomic E-state index is 5.49. The lowest BCUT2D eigenvalue weighted by molar-refractivity contribution is 0.122. The molecule has 9 heteroatoms. The van der Waals surface area contributed by atoms with Gasteiger partial charge in [0.05, 0.1) is 24.8 Å². The fraction of sp³-hybridized carbons (Fsp3) is 0.545. The Morgan fingerprint density at radius 3 is 2.68 bits per heavy atom. The quantitative estimate of drug-likeness (QED) is 0.324. The lowest BCUT2D eigenvalue weighted by Gasteiger charge is -2.33. The number of hydrogen-bond donors (Lipinski definition) is 2. The van der Waals surface area contributed by atoms with Gasteiger partial charge in [0.25, 0.3) is 0 Å². The first-order valence-electron chi connectivity index (χ1n) is 10.9. The van der Waals surface area contributed by atoms with Crippen molar-refractivity contribution in [3.63, 3.8) is 0 Å². The molecule has 0 saturated carbocycles. The molecule has 2 aromatic rings. The molecule has 0 amide bonds. The second-order valence-electron chi connectivity index (χ2n) is 7.64. The molecule has 2 saturated heterocycles. The van der Waals surface area contributed by atoms with Gasteiger partial charge < -0.3 is 25.2 Å². The number of morpholine rings is 1. The van der Waals surface area contributed by atoms with Gasteiger partial charge in [-0.05, 0) is 43.3 Å². The Labute approximate surface area is 206 Å². The van der Waals surface area contributed by atoms with Gasteiger partial charge in [-0.2, -0.15) is 0 Å². The van der Waals surface area contributed by atoms with Crippen molar-refractivity contribution in [3.05, 3.63) is 41.4 Å². The number of piperidine rings is 1. The summed E-state index contributed by atoms with van der Waals surface area (Å²) in [6.45, 7) is 9.03. The SMILES string of the molecule is CCNC(=NCc1cccnc1N1CCOCC1)NC1CCN(c2cccs2)CC1.I. The lowest BCUT2D eigenvalue weighted by atomic mass is 10.1. The number of aromatic nitrogens is 1. The summed E-state index contributed by atoms with van der Waals surface area (Å²) in [6.07, 6.45) is 4.10. The van der Waals surface area contributed by atoms with E-state index in [2.05, 4.69) is 55.9 Å². The van der Waals surface area contributed by atoms with Crippen LogP contribution in [0.3, 0.4) is 0 Å². The van der Waals surface area contributed by atoms with Gasteiger partial charge in [-0.15, -0.1) is 35.3 Å². The van der Waals surface area contributed by atoms with Gasteiger partial charge in [0.2, 0.25) is 0 Å². The van der Waals surface area contributed by atoms with Crippen molar-refractivity contribution in [1.29, 1.82) is 0 Å². The monoisotopic (exact) mass is 556 g/mol. The van der Waals surface area contributed by atoms with Gasteiger partial charge in [-0.25, -0.2) is 9.98 Å². The zero-order valence-electron chi connectivity index (χ0n) is 18.1. The predicted molar refractivity (Wildman–Crippen MR) is 140 cm³/mol. The Morgan fingerprint density at radius 2 is 1.97 bits per heavy atom. The van der Waals surface area contributed by atoms with E-state index in [0.29, 0.717) is 12.6 Å². The molecule has 4 heterocycles. The number of guanidine groups is 1. The number of aliphatic imine (C=N–C) groups is 1.